The van der Waals surface area contributed by atoms with Crippen molar-refractivity contribution >= 4 is 45.0 Å². The number of carbonyl (C=O) groups is 1. The fraction of sp³-hybridized carbons (Fsp3) is 0.167. The lowest BCUT2D eigenvalue weighted by molar-refractivity contribution is -0.489. The summed E-state index contributed by atoms with van der Waals surface area (Å²) < 4.78 is 8.05. The molecule has 0 aliphatic carbocycles. The Hall–Kier alpha value is -1.90. The van der Waals surface area contributed by atoms with E-state index in [9.17, 15) is 4.79 Å². The maximum atomic E-state index is 10.9. The molecule has 1 aromatic heterocycles. The van der Waals surface area contributed by atoms with Crippen LogP contribution in [-0.4, -0.2) is 16.2 Å². The van der Waals surface area contributed by atoms with Crippen LogP contribution in [0.5, 0.6) is 11.5 Å². The molecule has 5 nitrogen and oxygen atoms in total. The first-order chi connectivity index (χ1) is 12.5. The molecule has 1 heterocycles. The molecule has 0 fully saturated rings. The van der Waals surface area contributed by atoms with E-state index in [4.69, 9.17) is 9.84 Å². The molecule has 8 heteroatoms. The number of aromatic nitrogens is 2. The summed E-state index contributed by atoms with van der Waals surface area (Å²) >= 11 is 6.78. The second kappa shape index (κ2) is 8.66. The van der Waals surface area contributed by atoms with Gasteiger partial charge in [0.2, 0.25) is 0 Å². The first kappa shape index (κ1) is 18.9. The smallest absolute Gasteiger partial charge is 0.322 e. The van der Waals surface area contributed by atoms with E-state index in [-0.39, 0.29) is 6.42 Å². The number of aliphatic carboxylic acids is 1. The number of rotatable bonds is 7. The molecule has 3 rings (SSSR count). The first-order valence-electron chi connectivity index (χ1n) is 7.74. The third kappa shape index (κ3) is 5.30. The van der Waals surface area contributed by atoms with E-state index in [0.717, 1.165) is 30.9 Å². The van der Waals surface area contributed by atoms with Crippen LogP contribution >= 0.6 is 39.0 Å². The highest BCUT2D eigenvalue weighted by molar-refractivity contribution is 9.10. The normalized spacial score (nSPS) is 10.7. The summed E-state index contributed by atoms with van der Waals surface area (Å²) in [5, 5.41) is 17.1. The monoisotopic (exact) mass is 451 g/mol. The van der Waals surface area contributed by atoms with Crippen LogP contribution in [0.3, 0.4) is 0 Å². The Morgan fingerprint density at radius 3 is 2.92 bits per heavy atom. The SMILES string of the molecule is Cc1n[nH+]c(SCc2cc(Br)ccc2Oc2cccc(CC(=O)O)c2)s1. The molecule has 2 aromatic carbocycles. The van der Waals surface area contributed by atoms with Gasteiger partial charge in [0.05, 0.1) is 6.42 Å². The average molecular weight is 452 g/mol. The number of nitrogens with zero attached hydrogens (tertiary/aromatic N) is 1. The highest BCUT2D eigenvalue weighted by Gasteiger charge is 2.13. The third-order valence-electron chi connectivity index (χ3n) is 3.41. The van der Waals surface area contributed by atoms with Gasteiger partial charge in [-0.15, -0.1) is 0 Å². The number of H-pyrrole nitrogens is 1. The molecule has 134 valence electrons. The second-order valence-electron chi connectivity index (χ2n) is 5.49. The molecule has 0 amide bonds. The molecule has 0 unspecified atom stereocenters. The van der Waals surface area contributed by atoms with Crippen LogP contribution in [-0.2, 0) is 17.0 Å². The summed E-state index contributed by atoms with van der Waals surface area (Å²) in [4.78, 5) is 10.9. The zero-order valence-corrected chi connectivity index (χ0v) is 17.1. The lowest BCUT2D eigenvalue weighted by Gasteiger charge is -2.11. The van der Waals surface area contributed by atoms with Crippen molar-refractivity contribution in [1.29, 1.82) is 0 Å². The van der Waals surface area contributed by atoms with Gasteiger partial charge in [0.1, 0.15) is 11.5 Å². The van der Waals surface area contributed by atoms with Crippen molar-refractivity contribution in [3.8, 4) is 11.5 Å². The Morgan fingerprint density at radius 2 is 2.19 bits per heavy atom. The predicted molar refractivity (Wildman–Crippen MR) is 105 cm³/mol. The first-order valence-corrected chi connectivity index (χ1v) is 10.3. The highest BCUT2D eigenvalue weighted by atomic mass is 79.9. The Kier molecular flexibility index (Phi) is 6.29. The van der Waals surface area contributed by atoms with Crippen LogP contribution in [0.25, 0.3) is 0 Å². The van der Waals surface area contributed by atoms with Crippen molar-refractivity contribution in [1.82, 2.24) is 5.10 Å². The van der Waals surface area contributed by atoms with E-state index in [0.29, 0.717) is 11.3 Å². The number of carboxylic acid groups (broad SMARTS) is 1. The van der Waals surface area contributed by atoms with Gasteiger partial charge in [-0.1, -0.05) is 33.2 Å². The number of nitrogens with one attached hydrogen (secondary N) is 1. The van der Waals surface area contributed by atoms with E-state index in [2.05, 4.69) is 26.1 Å². The molecule has 0 atom stereocenters. The van der Waals surface area contributed by atoms with Gasteiger partial charge in [0, 0.05) is 20.9 Å². The number of hydrogen-bond donors (Lipinski definition) is 1. The molecule has 0 spiro atoms. The quantitative estimate of drug-likeness (QED) is 0.525. The van der Waals surface area contributed by atoms with Crippen LogP contribution in [0.4, 0.5) is 0 Å². The average Bonchev–Trinajstić information content (AvgIpc) is 3.00. The topological polar surface area (TPSA) is 73.6 Å². The van der Waals surface area contributed by atoms with Crippen molar-refractivity contribution < 1.29 is 19.7 Å². The lowest BCUT2D eigenvalue weighted by atomic mass is 10.1. The summed E-state index contributed by atoms with van der Waals surface area (Å²) in [5.41, 5.74) is 1.74. The van der Waals surface area contributed by atoms with Crippen molar-refractivity contribution in [2.75, 3.05) is 0 Å². The molecule has 3 aromatic rings. The molecule has 0 radical (unpaired) electrons. The molecule has 2 N–H and O–H groups in total. The maximum absolute atomic E-state index is 10.9. The van der Waals surface area contributed by atoms with E-state index in [1.54, 1.807) is 41.3 Å². The largest absolute Gasteiger partial charge is 0.481 e. The van der Waals surface area contributed by atoms with Gasteiger partial charge < -0.3 is 9.84 Å². The number of halogens is 1. The van der Waals surface area contributed by atoms with Crippen molar-refractivity contribution in [3.05, 3.63) is 63.1 Å². The predicted octanol–water partition coefficient (Wildman–Crippen LogP) is 4.74. The van der Waals surface area contributed by atoms with Gasteiger partial charge >= 0.3 is 10.3 Å². The summed E-state index contributed by atoms with van der Waals surface area (Å²) in [6.07, 6.45) is -0.0270. The number of thioether (sulfide) groups is 1. The van der Waals surface area contributed by atoms with Crippen LogP contribution in [0.15, 0.2) is 51.3 Å². The van der Waals surface area contributed by atoms with E-state index < -0.39 is 5.97 Å². The molecular weight excluding hydrogens is 436 g/mol. The second-order valence-corrected chi connectivity index (χ2v) is 8.86. The molecule has 0 saturated carbocycles. The Bertz CT molecular complexity index is 930. The number of aromatic amines is 1. The van der Waals surface area contributed by atoms with Gasteiger partial charge in [-0.3, -0.25) is 4.79 Å². The minimum absolute atomic E-state index is 0.0270. The standard InChI is InChI=1S/C18H15BrN2O3S2/c1-11-20-21-18(26-11)25-10-13-9-14(19)5-6-16(13)24-15-4-2-3-12(7-15)8-17(22)23/h2-7,9H,8,10H2,1H3,(H,22,23)/p+1. The Morgan fingerprint density at radius 1 is 1.35 bits per heavy atom. The third-order valence-corrected chi connectivity index (χ3v) is 5.98. The molecule has 26 heavy (non-hydrogen) atoms. The molecule has 0 bridgehead atoms. The van der Waals surface area contributed by atoms with Gasteiger partial charge in [-0.05, 0) is 65.9 Å². The lowest BCUT2D eigenvalue weighted by Crippen LogP contribution is -2.04. The maximum Gasteiger partial charge on any atom is 0.322 e. The molecule has 0 saturated heterocycles. The number of ether oxygens (including phenoxy) is 1. The number of carboxylic acids is 1. The molecule has 0 aliphatic rings. The van der Waals surface area contributed by atoms with Crippen LogP contribution in [0.1, 0.15) is 16.1 Å². The zero-order chi connectivity index (χ0) is 18.5. The fourth-order valence-electron chi connectivity index (χ4n) is 2.29. The van der Waals surface area contributed by atoms with E-state index in [1.807, 2.05) is 31.2 Å². The van der Waals surface area contributed by atoms with Crippen LogP contribution in [0.2, 0.25) is 0 Å². The van der Waals surface area contributed by atoms with Gasteiger partial charge in [0.15, 0.2) is 5.01 Å². The van der Waals surface area contributed by atoms with Crippen LogP contribution in [0, 0.1) is 6.92 Å². The summed E-state index contributed by atoms with van der Waals surface area (Å²) in [5.74, 6) is 1.23. The summed E-state index contributed by atoms with van der Waals surface area (Å²) in [6, 6.07) is 13.0. The summed E-state index contributed by atoms with van der Waals surface area (Å²) in [7, 11) is 0. The Balaban J connectivity index is 1.78. The number of benzene rings is 2. The molecular formula is C18H16BrN2O3S2+. The minimum Gasteiger partial charge on any atom is -0.481 e. The van der Waals surface area contributed by atoms with Gasteiger partial charge in [0.25, 0.3) is 0 Å². The zero-order valence-electron chi connectivity index (χ0n) is 13.9. The van der Waals surface area contributed by atoms with Gasteiger partial charge in [-0.2, -0.15) is 0 Å². The Labute approximate surface area is 167 Å². The van der Waals surface area contributed by atoms with Crippen molar-refractivity contribution in [2.45, 2.75) is 23.4 Å². The summed E-state index contributed by atoms with van der Waals surface area (Å²) in [6.45, 7) is 1.96. The van der Waals surface area contributed by atoms with E-state index in [1.165, 1.54) is 0 Å². The number of aryl methyl sites for hydroxylation is 1. The fourth-order valence-corrected chi connectivity index (χ4v) is 4.55. The van der Waals surface area contributed by atoms with Crippen molar-refractivity contribution in [3.63, 3.8) is 0 Å². The van der Waals surface area contributed by atoms with Gasteiger partial charge in [-0.25, -0.2) is 0 Å². The number of hydrogen-bond acceptors (Lipinski definition) is 5. The minimum atomic E-state index is -0.862. The molecule has 0 aliphatic heterocycles. The van der Waals surface area contributed by atoms with Crippen molar-refractivity contribution in [2.24, 2.45) is 0 Å². The highest BCUT2D eigenvalue weighted by Crippen LogP contribution is 2.33. The van der Waals surface area contributed by atoms with E-state index >= 15 is 0 Å². The van der Waals surface area contributed by atoms with Crippen LogP contribution < -0.4 is 9.84 Å².